The number of fused-ring (bicyclic) bond motifs is 1. The maximum Gasteiger partial charge on any atom is 0.271 e. The SMILES string of the molecule is Cc1ccc(S(=O)(=O)C2(n3cccc3)C(=O)Nc3c(Cl)cccc32)cc1. The van der Waals surface area contributed by atoms with E-state index in [9.17, 15) is 13.2 Å². The van der Waals surface area contributed by atoms with E-state index in [2.05, 4.69) is 5.32 Å². The highest BCUT2D eigenvalue weighted by atomic mass is 35.5. The molecular formula is C19H15ClN2O3S. The summed E-state index contributed by atoms with van der Waals surface area (Å²) in [4.78, 5) is 11.2. The summed E-state index contributed by atoms with van der Waals surface area (Å²) in [6, 6.07) is 14.7. The number of nitrogens with zero attached hydrogens (tertiary/aromatic N) is 1. The lowest BCUT2D eigenvalue weighted by molar-refractivity contribution is -0.118. The molecule has 1 aliphatic heterocycles. The second-order valence-corrected chi connectivity index (χ2v) is 8.64. The van der Waals surface area contributed by atoms with E-state index in [0.717, 1.165) is 5.56 Å². The second-order valence-electron chi connectivity index (χ2n) is 6.17. The van der Waals surface area contributed by atoms with Crippen LogP contribution < -0.4 is 5.32 Å². The second kappa shape index (κ2) is 5.72. The van der Waals surface area contributed by atoms with E-state index in [1.165, 1.54) is 16.7 Å². The third-order valence-electron chi connectivity index (χ3n) is 4.61. The van der Waals surface area contributed by atoms with Crippen molar-refractivity contribution in [2.75, 3.05) is 5.32 Å². The van der Waals surface area contributed by atoms with Gasteiger partial charge in [-0.3, -0.25) is 4.79 Å². The van der Waals surface area contributed by atoms with Crippen molar-refractivity contribution in [3.63, 3.8) is 0 Å². The van der Waals surface area contributed by atoms with E-state index in [1.54, 1.807) is 54.9 Å². The van der Waals surface area contributed by atoms with Gasteiger partial charge in [-0.1, -0.05) is 41.4 Å². The summed E-state index contributed by atoms with van der Waals surface area (Å²) in [5, 5.41) is 2.96. The molecule has 3 aromatic rings. The zero-order valence-electron chi connectivity index (χ0n) is 13.8. The molecule has 2 heterocycles. The zero-order chi connectivity index (χ0) is 18.5. The molecule has 1 aromatic heterocycles. The molecule has 1 amide bonds. The van der Waals surface area contributed by atoms with Crippen LogP contribution in [-0.2, 0) is 19.5 Å². The van der Waals surface area contributed by atoms with Crippen molar-refractivity contribution >= 4 is 33.0 Å². The molecular weight excluding hydrogens is 372 g/mol. The van der Waals surface area contributed by atoms with Gasteiger partial charge in [-0.25, -0.2) is 8.42 Å². The smallest absolute Gasteiger partial charge is 0.271 e. The molecule has 132 valence electrons. The molecule has 0 saturated heterocycles. The largest absolute Gasteiger partial charge is 0.323 e. The van der Waals surface area contributed by atoms with E-state index < -0.39 is 20.6 Å². The summed E-state index contributed by atoms with van der Waals surface area (Å²) in [5.74, 6) is -0.655. The lowest BCUT2D eigenvalue weighted by atomic mass is 10.1. The number of sulfone groups is 1. The Morgan fingerprint density at radius 3 is 2.31 bits per heavy atom. The Kier molecular flexibility index (Phi) is 3.71. The highest BCUT2D eigenvalue weighted by molar-refractivity contribution is 7.93. The molecule has 0 spiro atoms. The maximum atomic E-state index is 13.7. The fraction of sp³-hybridized carbons (Fsp3) is 0.105. The van der Waals surface area contributed by atoms with Crippen molar-refractivity contribution in [1.29, 1.82) is 0 Å². The van der Waals surface area contributed by atoms with Crippen molar-refractivity contribution in [2.24, 2.45) is 0 Å². The molecule has 1 unspecified atom stereocenters. The molecule has 26 heavy (non-hydrogen) atoms. The topological polar surface area (TPSA) is 68.2 Å². The number of para-hydroxylation sites is 1. The van der Waals surface area contributed by atoms with Crippen molar-refractivity contribution in [3.8, 4) is 0 Å². The highest BCUT2D eigenvalue weighted by Gasteiger charge is 2.59. The number of halogens is 1. The van der Waals surface area contributed by atoms with E-state index in [0.29, 0.717) is 16.3 Å². The molecule has 1 atom stereocenters. The summed E-state index contributed by atoms with van der Waals surface area (Å²) in [5.41, 5.74) is 1.56. The molecule has 0 radical (unpaired) electrons. The Labute approximate surface area is 156 Å². The van der Waals surface area contributed by atoms with Crippen molar-refractivity contribution < 1.29 is 13.2 Å². The number of nitrogens with one attached hydrogen (secondary N) is 1. The van der Waals surface area contributed by atoms with Crippen LogP contribution in [0.1, 0.15) is 11.1 Å². The van der Waals surface area contributed by atoms with Gasteiger partial charge in [-0.2, -0.15) is 0 Å². The fourth-order valence-electron chi connectivity index (χ4n) is 3.35. The standard InChI is InChI=1S/C19H15ClN2O3S/c1-13-7-9-14(10-8-13)26(24,25)19(22-11-2-3-12-22)15-5-4-6-16(20)17(15)21-18(19)23/h2-12H,1H3,(H,21,23). The summed E-state index contributed by atoms with van der Waals surface area (Å²) < 4.78 is 28.9. The van der Waals surface area contributed by atoms with Crippen LogP contribution in [0.4, 0.5) is 5.69 Å². The van der Waals surface area contributed by atoms with Gasteiger partial charge >= 0.3 is 0 Å². The van der Waals surface area contributed by atoms with Crippen molar-refractivity contribution in [3.05, 3.63) is 83.1 Å². The number of hydrogen-bond acceptors (Lipinski definition) is 3. The molecule has 5 nitrogen and oxygen atoms in total. The van der Waals surface area contributed by atoms with Gasteiger partial charge in [-0.15, -0.1) is 0 Å². The Morgan fingerprint density at radius 1 is 1.00 bits per heavy atom. The number of carbonyl (C=O) groups excluding carboxylic acids is 1. The first-order chi connectivity index (χ1) is 12.4. The average Bonchev–Trinajstić information content (AvgIpc) is 3.22. The number of carbonyl (C=O) groups is 1. The van der Waals surface area contributed by atoms with Crippen molar-refractivity contribution in [2.45, 2.75) is 16.7 Å². The molecule has 7 heteroatoms. The quantitative estimate of drug-likeness (QED) is 0.748. The number of hydrogen-bond donors (Lipinski definition) is 1. The van der Waals surface area contributed by atoms with Crippen LogP contribution >= 0.6 is 11.6 Å². The summed E-state index contributed by atoms with van der Waals surface area (Å²) >= 11 is 6.22. The first-order valence-corrected chi connectivity index (χ1v) is 9.80. The normalized spacial score (nSPS) is 19.2. The van der Waals surface area contributed by atoms with Gasteiger partial charge in [-0.05, 0) is 37.3 Å². The molecule has 2 aromatic carbocycles. The van der Waals surface area contributed by atoms with Crippen molar-refractivity contribution in [1.82, 2.24) is 4.57 Å². The van der Waals surface area contributed by atoms with Crippen LogP contribution in [0.15, 0.2) is 71.9 Å². The van der Waals surface area contributed by atoms with E-state index >= 15 is 0 Å². The number of benzene rings is 2. The minimum atomic E-state index is -4.13. The Bertz CT molecular complexity index is 1110. The van der Waals surface area contributed by atoms with Gasteiger partial charge in [0.2, 0.25) is 9.84 Å². The zero-order valence-corrected chi connectivity index (χ0v) is 15.4. The van der Waals surface area contributed by atoms with E-state index in [4.69, 9.17) is 11.6 Å². The first-order valence-electron chi connectivity index (χ1n) is 7.94. The fourth-order valence-corrected chi connectivity index (χ4v) is 5.56. The van der Waals surface area contributed by atoms with Gasteiger partial charge in [0.25, 0.3) is 10.8 Å². The third kappa shape index (κ3) is 2.09. The van der Waals surface area contributed by atoms with Crippen LogP contribution in [0.3, 0.4) is 0 Å². The third-order valence-corrected chi connectivity index (χ3v) is 7.21. The van der Waals surface area contributed by atoms with Crippen LogP contribution in [0.2, 0.25) is 5.02 Å². The van der Waals surface area contributed by atoms with Crippen LogP contribution in [-0.4, -0.2) is 18.9 Å². The molecule has 0 bridgehead atoms. The van der Waals surface area contributed by atoms with Gasteiger partial charge in [0.05, 0.1) is 15.6 Å². The monoisotopic (exact) mass is 386 g/mol. The minimum absolute atomic E-state index is 0.0692. The summed E-state index contributed by atoms with van der Waals surface area (Å²) in [7, 11) is -4.13. The molecule has 0 aliphatic carbocycles. The number of anilines is 1. The lowest BCUT2D eigenvalue weighted by Crippen LogP contribution is -2.48. The van der Waals surface area contributed by atoms with E-state index in [1.807, 2.05) is 6.92 Å². The van der Waals surface area contributed by atoms with Crippen LogP contribution in [0.25, 0.3) is 0 Å². The van der Waals surface area contributed by atoms with Gasteiger partial charge < -0.3 is 9.88 Å². The molecule has 0 saturated carbocycles. The predicted octanol–water partition coefficient (Wildman–Crippen LogP) is 3.58. The molecule has 4 rings (SSSR count). The van der Waals surface area contributed by atoms with Crippen LogP contribution in [0, 0.1) is 6.92 Å². The number of amides is 1. The Hall–Kier alpha value is -2.57. The van der Waals surface area contributed by atoms with Gasteiger partial charge in [0.1, 0.15) is 0 Å². The average molecular weight is 387 g/mol. The predicted molar refractivity (Wildman–Crippen MR) is 100.0 cm³/mol. The number of aryl methyl sites for hydroxylation is 1. The summed E-state index contributed by atoms with van der Waals surface area (Å²) in [6.45, 7) is 1.87. The Balaban J connectivity index is 2.10. The number of aromatic nitrogens is 1. The first kappa shape index (κ1) is 16.9. The van der Waals surface area contributed by atoms with Crippen LogP contribution in [0.5, 0.6) is 0 Å². The molecule has 0 fully saturated rings. The van der Waals surface area contributed by atoms with Gasteiger partial charge in [0.15, 0.2) is 0 Å². The molecule has 1 aliphatic rings. The van der Waals surface area contributed by atoms with Gasteiger partial charge in [0, 0.05) is 18.0 Å². The summed E-state index contributed by atoms with van der Waals surface area (Å²) in [6.07, 6.45) is 3.14. The van der Waals surface area contributed by atoms with E-state index in [-0.39, 0.29) is 4.90 Å². The lowest BCUT2D eigenvalue weighted by Gasteiger charge is -2.29. The highest BCUT2D eigenvalue weighted by Crippen LogP contribution is 2.48. The number of rotatable bonds is 3. The molecule has 1 N–H and O–H groups in total. The minimum Gasteiger partial charge on any atom is -0.323 e. The maximum absolute atomic E-state index is 13.7. The Morgan fingerprint density at radius 2 is 1.65 bits per heavy atom.